The lowest BCUT2D eigenvalue weighted by Crippen LogP contribution is -2.32. The fourth-order valence-corrected chi connectivity index (χ4v) is 1.27. The van der Waals surface area contributed by atoms with Crippen molar-refractivity contribution in [2.45, 2.75) is 33.2 Å². The number of phenolic OH excluding ortho intramolecular Hbond substituents is 1. The van der Waals surface area contributed by atoms with Crippen LogP contribution in [-0.2, 0) is 0 Å². The Morgan fingerprint density at radius 1 is 1.53 bits per heavy atom. The Hall–Kier alpha value is -1.51. The third-order valence-electron chi connectivity index (χ3n) is 2.54. The standard InChI is InChI=1S/C12H17NO2/c1-4-8(2)13-12(15)10-6-5-7-11(14)9(10)3/h5-8,14H,4H2,1-3H3,(H,13,15). The van der Waals surface area contributed by atoms with Gasteiger partial charge in [0.1, 0.15) is 5.75 Å². The molecule has 1 amide bonds. The zero-order valence-corrected chi connectivity index (χ0v) is 9.37. The third kappa shape index (κ3) is 2.72. The SMILES string of the molecule is CCC(C)NC(=O)c1cccc(O)c1C. The highest BCUT2D eigenvalue weighted by Gasteiger charge is 2.12. The number of nitrogens with one attached hydrogen (secondary N) is 1. The van der Waals surface area contributed by atoms with Gasteiger partial charge in [0.25, 0.3) is 5.91 Å². The predicted octanol–water partition coefficient (Wildman–Crippen LogP) is 2.23. The maximum atomic E-state index is 11.8. The van der Waals surface area contributed by atoms with Crippen LogP contribution in [0.5, 0.6) is 5.75 Å². The summed E-state index contributed by atoms with van der Waals surface area (Å²) in [5.74, 6) is 0.0320. The van der Waals surface area contributed by atoms with E-state index in [9.17, 15) is 9.90 Å². The molecule has 0 radical (unpaired) electrons. The van der Waals surface area contributed by atoms with Gasteiger partial charge in [-0.2, -0.15) is 0 Å². The van der Waals surface area contributed by atoms with Crippen LogP contribution in [-0.4, -0.2) is 17.1 Å². The minimum atomic E-state index is -0.127. The zero-order chi connectivity index (χ0) is 11.4. The summed E-state index contributed by atoms with van der Waals surface area (Å²) in [6.45, 7) is 5.71. The van der Waals surface area contributed by atoms with Crippen LogP contribution in [0.15, 0.2) is 18.2 Å². The summed E-state index contributed by atoms with van der Waals surface area (Å²) in [6, 6.07) is 5.12. The van der Waals surface area contributed by atoms with Gasteiger partial charge in [-0.1, -0.05) is 13.0 Å². The van der Waals surface area contributed by atoms with Gasteiger partial charge in [-0.05, 0) is 32.4 Å². The first kappa shape index (κ1) is 11.6. The van der Waals surface area contributed by atoms with Gasteiger partial charge in [-0.3, -0.25) is 4.79 Å². The molecule has 3 nitrogen and oxygen atoms in total. The van der Waals surface area contributed by atoms with Gasteiger partial charge in [0, 0.05) is 17.2 Å². The number of phenols is 1. The fourth-order valence-electron chi connectivity index (χ4n) is 1.27. The predicted molar refractivity (Wildman–Crippen MR) is 60.1 cm³/mol. The van der Waals surface area contributed by atoms with E-state index in [0.717, 1.165) is 6.42 Å². The Morgan fingerprint density at radius 2 is 2.20 bits per heavy atom. The van der Waals surface area contributed by atoms with Crippen LogP contribution in [0.4, 0.5) is 0 Å². The maximum Gasteiger partial charge on any atom is 0.251 e. The molecule has 1 unspecified atom stereocenters. The number of hydrogen-bond donors (Lipinski definition) is 2. The average Bonchev–Trinajstić information content (AvgIpc) is 2.21. The van der Waals surface area contributed by atoms with Crippen molar-refractivity contribution in [2.75, 3.05) is 0 Å². The molecule has 2 N–H and O–H groups in total. The number of rotatable bonds is 3. The largest absolute Gasteiger partial charge is 0.508 e. The first-order chi connectivity index (χ1) is 7.06. The van der Waals surface area contributed by atoms with E-state index in [1.807, 2.05) is 13.8 Å². The molecule has 3 heteroatoms. The number of hydrogen-bond acceptors (Lipinski definition) is 2. The van der Waals surface area contributed by atoms with Gasteiger partial charge in [-0.15, -0.1) is 0 Å². The number of amides is 1. The van der Waals surface area contributed by atoms with Crippen molar-refractivity contribution in [3.63, 3.8) is 0 Å². The van der Waals surface area contributed by atoms with E-state index in [4.69, 9.17) is 0 Å². The molecule has 1 aromatic carbocycles. The molecule has 0 aliphatic rings. The van der Waals surface area contributed by atoms with Gasteiger partial charge in [0.05, 0.1) is 0 Å². The highest BCUT2D eigenvalue weighted by molar-refractivity contribution is 5.96. The molecule has 0 bridgehead atoms. The summed E-state index contributed by atoms with van der Waals surface area (Å²) in [6.07, 6.45) is 0.892. The van der Waals surface area contributed by atoms with E-state index in [1.165, 1.54) is 0 Å². The van der Waals surface area contributed by atoms with E-state index in [2.05, 4.69) is 5.32 Å². The second-order valence-corrected chi connectivity index (χ2v) is 3.73. The van der Waals surface area contributed by atoms with Crippen LogP contribution in [0.2, 0.25) is 0 Å². The smallest absolute Gasteiger partial charge is 0.251 e. The zero-order valence-electron chi connectivity index (χ0n) is 9.37. The van der Waals surface area contributed by atoms with E-state index < -0.39 is 0 Å². The molecule has 0 aromatic heterocycles. The van der Waals surface area contributed by atoms with Crippen LogP contribution in [0.25, 0.3) is 0 Å². The first-order valence-electron chi connectivity index (χ1n) is 5.15. The fraction of sp³-hybridized carbons (Fsp3) is 0.417. The molecule has 1 atom stereocenters. The molecule has 0 saturated heterocycles. The molecule has 1 rings (SSSR count). The van der Waals surface area contributed by atoms with Gasteiger partial charge in [-0.25, -0.2) is 0 Å². The molecule has 0 spiro atoms. The summed E-state index contributed by atoms with van der Waals surface area (Å²) >= 11 is 0. The lowest BCUT2D eigenvalue weighted by Gasteiger charge is -2.13. The summed E-state index contributed by atoms with van der Waals surface area (Å²) in [4.78, 5) is 11.8. The Labute approximate surface area is 90.1 Å². The molecular formula is C12H17NO2. The van der Waals surface area contributed by atoms with Crippen molar-refractivity contribution in [1.82, 2.24) is 5.32 Å². The van der Waals surface area contributed by atoms with E-state index in [-0.39, 0.29) is 17.7 Å². The minimum Gasteiger partial charge on any atom is -0.508 e. The Kier molecular flexibility index (Phi) is 3.72. The molecule has 1 aromatic rings. The van der Waals surface area contributed by atoms with Gasteiger partial charge >= 0.3 is 0 Å². The van der Waals surface area contributed by atoms with Crippen molar-refractivity contribution in [3.8, 4) is 5.75 Å². The highest BCUT2D eigenvalue weighted by Crippen LogP contribution is 2.19. The molecule has 82 valence electrons. The Balaban J connectivity index is 2.87. The summed E-state index contributed by atoms with van der Waals surface area (Å²) < 4.78 is 0. The van der Waals surface area contributed by atoms with Crippen molar-refractivity contribution in [3.05, 3.63) is 29.3 Å². The van der Waals surface area contributed by atoms with Crippen molar-refractivity contribution >= 4 is 5.91 Å². The van der Waals surface area contributed by atoms with Gasteiger partial charge in [0.15, 0.2) is 0 Å². The molecule has 0 heterocycles. The Bertz CT molecular complexity index is 361. The monoisotopic (exact) mass is 207 g/mol. The number of aromatic hydroxyl groups is 1. The molecule has 0 aliphatic carbocycles. The lowest BCUT2D eigenvalue weighted by atomic mass is 10.1. The Morgan fingerprint density at radius 3 is 2.80 bits per heavy atom. The van der Waals surface area contributed by atoms with Gasteiger partial charge < -0.3 is 10.4 Å². The molecule has 0 saturated carbocycles. The molecule has 15 heavy (non-hydrogen) atoms. The van der Waals surface area contributed by atoms with E-state index >= 15 is 0 Å². The number of benzene rings is 1. The number of carbonyl (C=O) groups is 1. The van der Waals surface area contributed by atoms with Crippen molar-refractivity contribution < 1.29 is 9.90 Å². The normalized spacial score (nSPS) is 12.2. The van der Waals surface area contributed by atoms with Crippen LogP contribution in [0.1, 0.15) is 36.2 Å². The van der Waals surface area contributed by atoms with Crippen molar-refractivity contribution in [2.24, 2.45) is 0 Å². The maximum absolute atomic E-state index is 11.8. The highest BCUT2D eigenvalue weighted by atomic mass is 16.3. The lowest BCUT2D eigenvalue weighted by molar-refractivity contribution is 0.0938. The second kappa shape index (κ2) is 4.82. The quantitative estimate of drug-likeness (QED) is 0.798. The van der Waals surface area contributed by atoms with E-state index in [0.29, 0.717) is 11.1 Å². The van der Waals surface area contributed by atoms with Crippen LogP contribution < -0.4 is 5.32 Å². The van der Waals surface area contributed by atoms with E-state index in [1.54, 1.807) is 25.1 Å². The molecular weight excluding hydrogens is 190 g/mol. The average molecular weight is 207 g/mol. The summed E-state index contributed by atoms with van der Waals surface area (Å²) in [7, 11) is 0. The van der Waals surface area contributed by atoms with Gasteiger partial charge in [0.2, 0.25) is 0 Å². The summed E-state index contributed by atoms with van der Waals surface area (Å²) in [5.41, 5.74) is 1.16. The molecule has 0 fully saturated rings. The molecule has 0 aliphatic heterocycles. The van der Waals surface area contributed by atoms with Crippen LogP contribution in [0.3, 0.4) is 0 Å². The first-order valence-corrected chi connectivity index (χ1v) is 5.15. The number of carbonyl (C=O) groups excluding carboxylic acids is 1. The van der Waals surface area contributed by atoms with Crippen LogP contribution in [0, 0.1) is 6.92 Å². The summed E-state index contributed by atoms with van der Waals surface area (Å²) in [5, 5.41) is 12.3. The second-order valence-electron chi connectivity index (χ2n) is 3.73. The van der Waals surface area contributed by atoms with Crippen LogP contribution >= 0.6 is 0 Å². The minimum absolute atomic E-state index is 0.127. The topological polar surface area (TPSA) is 49.3 Å². The van der Waals surface area contributed by atoms with Crippen molar-refractivity contribution in [1.29, 1.82) is 0 Å². The third-order valence-corrected chi connectivity index (χ3v) is 2.54.